The van der Waals surface area contributed by atoms with Crippen LogP contribution in [0.15, 0.2) is 87.8 Å². The number of nitriles is 1. The number of carbonyl (C=O) groups excluding carboxylic acids is 1. The molecule has 4 nitrogen and oxygen atoms in total. The van der Waals surface area contributed by atoms with Gasteiger partial charge in [-0.15, -0.1) is 23.1 Å². The van der Waals surface area contributed by atoms with Crippen molar-refractivity contribution in [2.75, 3.05) is 5.32 Å². The van der Waals surface area contributed by atoms with Crippen LogP contribution >= 0.6 is 67.2 Å². The summed E-state index contributed by atoms with van der Waals surface area (Å²) in [7, 11) is 0. The van der Waals surface area contributed by atoms with Gasteiger partial charge in [-0.3, -0.25) is 10.1 Å². The number of nitrogens with one attached hydrogen (secondary N) is 2. The van der Waals surface area contributed by atoms with E-state index >= 15 is 0 Å². The van der Waals surface area contributed by atoms with Gasteiger partial charge in [-0.1, -0.05) is 74.3 Å². The van der Waals surface area contributed by atoms with Crippen molar-refractivity contribution in [3.8, 4) is 6.07 Å². The molecule has 3 aromatic carbocycles. The molecule has 1 aromatic heterocycles. The molecule has 0 fully saturated rings. The van der Waals surface area contributed by atoms with E-state index in [0.717, 1.165) is 25.8 Å². The molecular weight excluding hydrogens is 650 g/mol. The van der Waals surface area contributed by atoms with E-state index in [9.17, 15) is 10.1 Å². The Bertz CT molecular complexity index is 1500. The van der Waals surface area contributed by atoms with Gasteiger partial charge in [0, 0.05) is 24.6 Å². The minimum Gasteiger partial charge on any atom is -0.323 e. The highest BCUT2D eigenvalue weighted by Gasteiger charge is 2.35. The lowest BCUT2D eigenvalue weighted by molar-refractivity contribution is 0.0977. The van der Waals surface area contributed by atoms with E-state index in [0.29, 0.717) is 16.1 Å². The number of rotatable bonds is 4. The number of anilines is 1. The standard InChI is InChI=1S/C28H19Br2N3OS3/c29-19-10-6-16(7-11-19)23-14-21-22(15-31)27(33-28(35)32-26(34)18-4-2-1-3-5-18)37-25(21)24(36-23)17-8-12-20(30)13-9-17/h1-13,23-24H,14H2,(H2,32,33,34,35)/t23-,24-/m0/s1. The van der Waals surface area contributed by atoms with Crippen LogP contribution in [0.5, 0.6) is 0 Å². The minimum absolute atomic E-state index is 0.0608. The normalized spacial score (nSPS) is 16.4. The average Bonchev–Trinajstić information content (AvgIpc) is 3.26. The van der Waals surface area contributed by atoms with Crippen molar-refractivity contribution in [1.29, 1.82) is 5.26 Å². The Morgan fingerprint density at radius 1 is 0.946 bits per heavy atom. The first-order valence-electron chi connectivity index (χ1n) is 11.3. The monoisotopic (exact) mass is 667 g/mol. The number of hydrogen-bond donors (Lipinski definition) is 2. The average molecular weight is 669 g/mol. The number of hydrogen-bond acceptors (Lipinski definition) is 5. The summed E-state index contributed by atoms with van der Waals surface area (Å²) < 4.78 is 2.06. The molecule has 0 aliphatic carbocycles. The fourth-order valence-corrected chi connectivity index (χ4v) is 7.98. The van der Waals surface area contributed by atoms with Crippen LogP contribution in [0.2, 0.25) is 0 Å². The number of amides is 1. The molecule has 37 heavy (non-hydrogen) atoms. The topological polar surface area (TPSA) is 64.9 Å². The number of thioether (sulfide) groups is 1. The van der Waals surface area contributed by atoms with E-state index in [-0.39, 0.29) is 21.5 Å². The Hall–Kier alpha value is -2.48. The number of nitrogens with zero attached hydrogens (tertiary/aromatic N) is 1. The van der Waals surface area contributed by atoms with Gasteiger partial charge in [0.1, 0.15) is 11.1 Å². The second-order valence-electron chi connectivity index (χ2n) is 8.35. The Kier molecular flexibility index (Phi) is 8.12. The molecule has 0 radical (unpaired) electrons. The second kappa shape index (κ2) is 11.5. The Balaban J connectivity index is 1.48. The maximum absolute atomic E-state index is 12.6. The summed E-state index contributed by atoms with van der Waals surface area (Å²) in [6.45, 7) is 0. The third-order valence-electron chi connectivity index (χ3n) is 5.98. The lowest BCUT2D eigenvalue weighted by Gasteiger charge is -2.30. The van der Waals surface area contributed by atoms with Crippen LogP contribution < -0.4 is 10.6 Å². The van der Waals surface area contributed by atoms with E-state index < -0.39 is 0 Å². The zero-order valence-corrected chi connectivity index (χ0v) is 24.8. The van der Waals surface area contributed by atoms with Gasteiger partial charge in [0.15, 0.2) is 5.11 Å². The van der Waals surface area contributed by atoms with Crippen LogP contribution in [-0.4, -0.2) is 11.0 Å². The van der Waals surface area contributed by atoms with Gasteiger partial charge in [-0.25, -0.2) is 0 Å². The quantitative estimate of drug-likeness (QED) is 0.214. The molecule has 2 heterocycles. The van der Waals surface area contributed by atoms with Gasteiger partial charge in [-0.2, -0.15) is 5.26 Å². The Labute approximate surface area is 245 Å². The van der Waals surface area contributed by atoms with E-state index in [1.807, 2.05) is 30.0 Å². The number of thiocarbonyl (C=S) groups is 1. The van der Waals surface area contributed by atoms with Crippen molar-refractivity contribution in [1.82, 2.24) is 5.32 Å². The van der Waals surface area contributed by atoms with Crippen molar-refractivity contribution in [2.45, 2.75) is 16.9 Å². The Morgan fingerprint density at radius 2 is 1.57 bits per heavy atom. The van der Waals surface area contributed by atoms with E-state index in [2.05, 4.69) is 85.0 Å². The smallest absolute Gasteiger partial charge is 0.257 e. The van der Waals surface area contributed by atoms with E-state index in [1.165, 1.54) is 22.5 Å². The molecule has 4 aromatic rings. The molecule has 1 aliphatic heterocycles. The summed E-state index contributed by atoms with van der Waals surface area (Å²) in [6.07, 6.45) is 0.735. The van der Waals surface area contributed by atoms with Gasteiger partial charge in [0.25, 0.3) is 5.91 Å². The SMILES string of the molecule is N#Cc1c(NC(=S)NC(=O)c2ccccc2)sc2c1C[C@@H](c1ccc(Br)cc1)S[C@H]2c1ccc(Br)cc1. The molecule has 0 spiro atoms. The maximum Gasteiger partial charge on any atom is 0.257 e. The molecular formula is C28H19Br2N3OS3. The van der Waals surface area contributed by atoms with Crippen molar-refractivity contribution in [3.05, 3.63) is 121 Å². The largest absolute Gasteiger partial charge is 0.323 e. The molecule has 2 atom stereocenters. The summed E-state index contributed by atoms with van der Waals surface area (Å²) in [5, 5.41) is 17.1. The number of fused-ring (bicyclic) bond motifs is 1. The summed E-state index contributed by atoms with van der Waals surface area (Å²) in [5.74, 6) is -0.295. The first kappa shape index (κ1) is 26.1. The fraction of sp³-hybridized carbons (Fsp3) is 0.107. The second-order valence-corrected chi connectivity index (χ2v) is 13.0. The number of thiophene rings is 1. The van der Waals surface area contributed by atoms with E-state index in [1.54, 1.807) is 24.3 Å². The Morgan fingerprint density at radius 3 is 2.19 bits per heavy atom. The molecule has 5 rings (SSSR count). The molecule has 0 saturated carbocycles. The third kappa shape index (κ3) is 5.84. The molecule has 184 valence electrons. The highest BCUT2D eigenvalue weighted by Crippen LogP contribution is 2.56. The van der Waals surface area contributed by atoms with Crippen molar-refractivity contribution >= 4 is 83.2 Å². The number of carbonyl (C=O) groups is 1. The van der Waals surface area contributed by atoms with Crippen LogP contribution in [0.1, 0.15) is 48.0 Å². The third-order valence-corrected chi connectivity index (χ3v) is 10.2. The van der Waals surface area contributed by atoms with Gasteiger partial charge < -0.3 is 5.32 Å². The summed E-state index contributed by atoms with van der Waals surface area (Å²) >= 11 is 15.9. The van der Waals surface area contributed by atoms with Crippen molar-refractivity contribution < 1.29 is 4.79 Å². The maximum atomic E-state index is 12.6. The molecule has 1 aliphatic rings. The van der Waals surface area contributed by atoms with Crippen LogP contribution in [-0.2, 0) is 6.42 Å². The summed E-state index contributed by atoms with van der Waals surface area (Å²) in [6, 6.07) is 28.0. The highest BCUT2D eigenvalue weighted by atomic mass is 79.9. The lowest BCUT2D eigenvalue weighted by Crippen LogP contribution is -2.34. The van der Waals surface area contributed by atoms with Crippen LogP contribution in [0.25, 0.3) is 0 Å². The first-order chi connectivity index (χ1) is 17.9. The van der Waals surface area contributed by atoms with Crippen LogP contribution in [0.3, 0.4) is 0 Å². The van der Waals surface area contributed by atoms with Crippen molar-refractivity contribution in [2.24, 2.45) is 0 Å². The zero-order chi connectivity index (χ0) is 25.9. The molecule has 1 amide bonds. The summed E-state index contributed by atoms with van der Waals surface area (Å²) in [5.41, 5.74) is 4.53. The predicted octanol–water partition coefficient (Wildman–Crippen LogP) is 8.39. The lowest BCUT2D eigenvalue weighted by atomic mass is 9.97. The molecule has 0 saturated heterocycles. The molecule has 0 bridgehead atoms. The number of benzene rings is 3. The highest BCUT2D eigenvalue weighted by molar-refractivity contribution is 9.10. The van der Waals surface area contributed by atoms with Gasteiger partial charge >= 0.3 is 0 Å². The summed E-state index contributed by atoms with van der Waals surface area (Å²) in [4.78, 5) is 13.7. The molecule has 2 N–H and O–H groups in total. The number of halogens is 2. The molecule has 9 heteroatoms. The van der Waals surface area contributed by atoms with Gasteiger partial charge in [0.05, 0.1) is 10.8 Å². The zero-order valence-electron chi connectivity index (χ0n) is 19.2. The fourth-order valence-electron chi connectivity index (χ4n) is 4.20. The van der Waals surface area contributed by atoms with Gasteiger partial charge in [0.2, 0.25) is 0 Å². The first-order valence-corrected chi connectivity index (χ1v) is 15.1. The molecule has 0 unspecified atom stereocenters. The van der Waals surface area contributed by atoms with Crippen LogP contribution in [0, 0.1) is 11.3 Å². The van der Waals surface area contributed by atoms with Crippen molar-refractivity contribution in [3.63, 3.8) is 0 Å². The van der Waals surface area contributed by atoms with E-state index in [4.69, 9.17) is 12.2 Å². The van der Waals surface area contributed by atoms with Crippen LogP contribution in [0.4, 0.5) is 5.00 Å². The minimum atomic E-state index is -0.295. The predicted molar refractivity (Wildman–Crippen MR) is 163 cm³/mol. The van der Waals surface area contributed by atoms with Gasteiger partial charge in [-0.05, 0) is 71.7 Å².